The largest absolute Gasteiger partial charge is 0.312 e. The van der Waals surface area contributed by atoms with E-state index in [0.717, 1.165) is 24.3 Å². The van der Waals surface area contributed by atoms with Crippen LogP contribution in [0.15, 0.2) is 29.2 Å². The van der Waals surface area contributed by atoms with Gasteiger partial charge in [-0.15, -0.1) is 11.8 Å². The zero-order chi connectivity index (χ0) is 13.5. The Balaban J connectivity index is 1.77. The first-order chi connectivity index (χ1) is 9.24. The van der Waals surface area contributed by atoms with E-state index in [1.165, 1.54) is 42.6 Å². The van der Waals surface area contributed by atoms with E-state index in [2.05, 4.69) is 55.2 Å². The summed E-state index contributed by atoms with van der Waals surface area (Å²) < 4.78 is 0. The smallest absolute Gasteiger partial charge is 0.0205 e. The van der Waals surface area contributed by atoms with Crippen molar-refractivity contribution in [3.63, 3.8) is 0 Å². The van der Waals surface area contributed by atoms with Crippen molar-refractivity contribution in [3.8, 4) is 0 Å². The fourth-order valence-electron chi connectivity index (χ4n) is 2.57. The fourth-order valence-corrected chi connectivity index (χ4v) is 3.81. The third kappa shape index (κ3) is 5.58. The Bertz CT molecular complexity index is 352. The molecule has 2 rings (SSSR count). The highest BCUT2D eigenvalue weighted by molar-refractivity contribution is 8.00. The molecule has 0 atom stereocenters. The molecule has 0 unspecified atom stereocenters. The van der Waals surface area contributed by atoms with Crippen LogP contribution in [0.1, 0.15) is 51.5 Å². The lowest BCUT2D eigenvalue weighted by molar-refractivity contribution is 0.516. The van der Waals surface area contributed by atoms with Crippen molar-refractivity contribution in [1.82, 2.24) is 5.32 Å². The topological polar surface area (TPSA) is 12.0 Å². The quantitative estimate of drug-likeness (QED) is 0.797. The predicted octanol–water partition coefficient (Wildman–Crippen LogP) is 4.86. The zero-order valence-corrected chi connectivity index (χ0v) is 13.1. The lowest BCUT2D eigenvalue weighted by Crippen LogP contribution is -2.18. The maximum atomic E-state index is 3.50. The molecule has 0 heterocycles. The van der Waals surface area contributed by atoms with E-state index in [-0.39, 0.29) is 0 Å². The number of benzene rings is 1. The van der Waals surface area contributed by atoms with E-state index < -0.39 is 0 Å². The maximum Gasteiger partial charge on any atom is 0.0205 e. The normalized spacial score (nSPS) is 17.0. The van der Waals surface area contributed by atoms with Gasteiger partial charge in [-0.3, -0.25) is 0 Å². The van der Waals surface area contributed by atoms with E-state index in [9.17, 15) is 0 Å². The van der Waals surface area contributed by atoms with Gasteiger partial charge in [0.1, 0.15) is 0 Å². The molecule has 1 fully saturated rings. The summed E-state index contributed by atoms with van der Waals surface area (Å²) in [7, 11) is 0. The minimum Gasteiger partial charge on any atom is -0.312 e. The Labute approximate surface area is 122 Å². The van der Waals surface area contributed by atoms with Gasteiger partial charge in [-0.05, 0) is 43.0 Å². The second kappa shape index (κ2) is 7.96. The van der Waals surface area contributed by atoms with Crippen LogP contribution in [0, 0.1) is 5.92 Å². The van der Waals surface area contributed by atoms with Crippen LogP contribution in [-0.4, -0.2) is 11.8 Å². The molecule has 1 aromatic rings. The molecule has 0 aromatic heterocycles. The van der Waals surface area contributed by atoms with Crippen LogP contribution in [0.4, 0.5) is 0 Å². The summed E-state index contributed by atoms with van der Waals surface area (Å²) >= 11 is 2.08. The molecule has 1 aliphatic carbocycles. The number of rotatable bonds is 6. The maximum absolute atomic E-state index is 3.50. The summed E-state index contributed by atoms with van der Waals surface area (Å²) in [5.74, 6) is 0.723. The van der Waals surface area contributed by atoms with Crippen molar-refractivity contribution in [2.45, 2.75) is 62.6 Å². The van der Waals surface area contributed by atoms with Crippen LogP contribution in [-0.2, 0) is 6.54 Å². The number of nitrogens with one attached hydrogen (secondary N) is 1. The van der Waals surface area contributed by atoms with Gasteiger partial charge in [0.25, 0.3) is 0 Å². The van der Waals surface area contributed by atoms with Gasteiger partial charge >= 0.3 is 0 Å². The molecule has 0 amide bonds. The van der Waals surface area contributed by atoms with Crippen LogP contribution < -0.4 is 5.32 Å². The van der Waals surface area contributed by atoms with E-state index in [1.807, 2.05) is 0 Å². The fraction of sp³-hybridized carbons (Fsp3) is 0.647. The molecular weight excluding hydrogens is 250 g/mol. The summed E-state index contributed by atoms with van der Waals surface area (Å²) in [4.78, 5) is 1.44. The van der Waals surface area contributed by atoms with Crippen molar-refractivity contribution < 1.29 is 0 Å². The Morgan fingerprint density at radius 1 is 1.11 bits per heavy atom. The van der Waals surface area contributed by atoms with Gasteiger partial charge in [0, 0.05) is 16.7 Å². The minimum atomic E-state index is 0.723. The van der Waals surface area contributed by atoms with Gasteiger partial charge in [-0.25, -0.2) is 0 Å². The molecule has 1 aliphatic rings. The van der Waals surface area contributed by atoms with Gasteiger partial charge < -0.3 is 5.32 Å². The second-order valence-corrected chi connectivity index (χ2v) is 7.42. The standard InChI is InChI=1S/C17H27NS/c1-14(2)12-18-13-15-8-10-17(11-9-15)19-16-6-4-3-5-7-16/h8-11,14,16,18H,3-7,12-13H2,1-2H3. The highest BCUT2D eigenvalue weighted by atomic mass is 32.2. The molecule has 0 saturated heterocycles. The average molecular weight is 277 g/mol. The van der Waals surface area contributed by atoms with Gasteiger partial charge in [-0.2, -0.15) is 0 Å². The summed E-state index contributed by atoms with van der Waals surface area (Å²) in [6.07, 6.45) is 7.10. The molecule has 1 nitrogen and oxygen atoms in total. The van der Waals surface area contributed by atoms with Crippen molar-refractivity contribution >= 4 is 11.8 Å². The zero-order valence-electron chi connectivity index (χ0n) is 12.3. The molecule has 1 saturated carbocycles. The van der Waals surface area contributed by atoms with Gasteiger partial charge in [0.2, 0.25) is 0 Å². The summed E-state index contributed by atoms with van der Waals surface area (Å²) in [6, 6.07) is 9.15. The van der Waals surface area contributed by atoms with E-state index >= 15 is 0 Å². The summed E-state index contributed by atoms with van der Waals surface area (Å²) in [6.45, 7) is 6.58. The molecule has 0 aliphatic heterocycles. The number of thioether (sulfide) groups is 1. The van der Waals surface area contributed by atoms with E-state index in [1.54, 1.807) is 0 Å². The van der Waals surface area contributed by atoms with Gasteiger partial charge in [0.15, 0.2) is 0 Å². The Morgan fingerprint density at radius 2 is 1.79 bits per heavy atom. The lowest BCUT2D eigenvalue weighted by Gasteiger charge is -2.21. The van der Waals surface area contributed by atoms with Gasteiger partial charge in [0.05, 0.1) is 0 Å². The second-order valence-electron chi connectivity index (χ2n) is 6.05. The Kier molecular flexibility index (Phi) is 6.25. The Morgan fingerprint density at radius 3 is 2.42 bits per heavy atom. The molecule has 1 N–H and O–H groups in total. The first-order valence-electron chi connectivity index (χ1n) is 7.70. The molecule has 19 heavy (non-hydrogen) atoms. The summed E-state index contributed by atoms with van der Waals surface area (Å²) in [5.41, 5.74) is 1.40. The third-order valence-corrected chi connectivity index (χ3v) is 5.01. The first-order valence-corrected chi connectivity index (χ1v) is 8.58. The average Bonchev–Trinajstić information content (AvgIpc) is 2.42. The predicted molar refractivity (Wildman–Crippen MR) is 85.7 cm³/mol. The SMILES string of the molecule is CC(C)CNCc1ccc(SC2CCCCC2)cc1. The van der Waals surface area contributed by atoms with Crippen LogP contribution in [0.25, 0.3) is 0 Å². The van der Waals surface area contributed by atoms with Crippen molar-refractivity contribution in [2.75, 3.05) is 6.54 Å². The highest BCUT2D eigenvalue weighted by Crippen LogP contribution is 2.33. The molecule has 0 spiro atoms. The first kappa shape index (κ1) is 14.9. The van der Waals surface area contributed by atoms with Crippen LogP contribution >= 0.6 is 11.8 Å². The van der Waals surface area contributed by atoms with Gasteiger partial charge in [-0.1, -0.05) is 45.2 Å². The lowest BCUT2D eigenvalue weighted by atomic mass is 10.0. The van der Waals surface area contributed by atoms with E-state index in [0.29, 0.717) is 0 Å². The number of hydrogen-bond acceptors (Lipinski definition) is 2. The van der Waals surface area contributed by atoms with Crippen molar-refractivity contribution in [3.05, 3.63) is 29.8 Å². The third-order valence-electron chi connectivity index (χ3n) is 3.66. The van der Waals surface area contributed by atoms with E-state index in [4.69, 9.17) is 0 Å². The Hall–Kier alpha value is -0.470. The monoisotopic (exact) mass is 277 g/mol. The highest BCUT2D eigenvalue weighted by Gasteiger charge is 2.14. The molecular formula is C17H27NS. The van der Waals surface area contributed by atoms with Crippen LogP contribution in [0.5, 0.6) is 0 Å². The molecule has 2 heteroatoms. The molecule has 1 aromatic carbocycles. The summed E-state index contributed by atoms with van der Waals surface area (Å²) in [5, 5.41) is 4.36. The molecule has 0 bridgehead atoms. The van der Waals surface area contributed by atoms with Crippen molar-refractivity contribution in [2.24, 2.45) is 5.92 Å². The minimum absolute atomic E-state index is 0.723. The van der Waals surface area contributed by atoms with Crippen LogP contribution in [0.2, 0.25) is 0 Å². The molecule has 0 radical (unpaired) electrons. The van der Waals surface area contributed by atoms with Crippen LogP contribution in [0.3, 0.4) is 0 Å². The van der Waals surface area contributed by atoms with Crippen molar-refractivity contribution in [1.29, 1.82) is 0 Å². The number of hydrogen-bond donors (Lipinski definition) is 1. The molecule has 106 valence electrons.